The summed E-state index contributed by atoms with van der Waals surface area (Å²) in [6.07, 6.45) is 0.0488. The van der Waals surface area contributed by atoms with Gasteiger partial charge in [0, 0.05) is 0 Å². The van der Waals surface area contributed by atoms with E-state index in [-0.39, 0.29) is 6.42 Å². The van der Waals surface area contributed by atoms with Crippen molar-refractivity contribution >= 4 is 5.97 Å². The average molecular weight is 237 g/mol. The Labute approximate surface area is 102 Å². The van der Waals surface area contributed by atoms with Gasteiger partial charge in [-0.05, 0) is 31.2 Å². The quantitative estimate of drug-likeness (QED) is 0.794. The molecule has 0 aliphatic rings. The van der Waals surface area contributed by atoms with Gasteiger partial charge in [0.25, 0.3) is 0 Å². The molecule has 1 rings (SSSR count). The highest BCUT2D eigenvalue weighted by Gasteiger charge is 2.28. The molecule has 0 heterocycles. The van der Waals surface area contributed by atoms with E-state index in [0.29, 0.717) is 0 Å². The number of methoxy groups -OCH3 is 1. The third-order valence-corrected chi connectivity index (χ3v) is 2.80. The van der Waals surface area contributed by atoms with Gasteiger partial charge in [0.05, 0.1) is 19.1 Å². The summed E-state index contributed by atoms with van der Waals surface area (Å²) in [6.45, 7) is 4.58. The number of carboxylic acid groups (broad SMARTS) is 1. The predicted octanol–water partition coefficient (Wildman–Crippen LogP) is 1.99. The number of hydrogen-bond donors (Lipinski definition) is 2. The van der Waals surface area contributed by atoms with Crippen LogP contribution in [0.15, 0.2) is 24.3 Å². The fraction of sp³-hybridized carbons (Fsp3) is 0.462. The van der Waals surface area contributed by atoms with Gasteiger partial charge in [0.1, 0.15) is 5.75 Å². The molecule has 0 aromatic heterocycles. The first-order chi connectivity index (χ1) is 8.01. The summed E-state index contributed by atoms with van der Waals surface area (Å²) in [6, 6.07) is 7.47. The van der Waals surface area contributed by atoms with Crippen LogP contribution < -0.4 is 10.1 Å². The molecule has 0 amide bonds. The fourth-order valence-electron chi connectivity index (χ4n) is 1.92. The van der Waals surface area contributed by atoms with Crippen LogP contribution in [0.5, 0.6) is 5.75 Å². The van der Waals surface area contributed by atoms with Crippen molar-refractivity contribution in [2.24, 2.45) is 0 Å². The van der Waals surface area contributed by atoms with Crippen LogP contribution in [0.1, 0.15) is 25.8 Å². The molecule has 0 saturated heterocycles. The lowest BCUT2D eigenvalue weighted by Gasteiger charge is -2.29. The second kappa shape index (κ2) is 5.68. The Morgan fingerprint density at radius 3 is 2.41 bits per heavy atom. The van der Waals surface area contributed by atoms with Crippen LogP contribution in [0.25, 0.3) is 0 Å². The highest BCUT2D eigenvalue weighted by molar-refractivity contribution is 5.68. The maximum atomic E-state index is 10.9. The molecular weight excluding hydrogens is 218 g/mol. The summed E-state index contributed by atoms with van der Waals surface area (Å²) in [5.74, 6) is -0.0489. The zero-order chi connectivity index (χ0) is 12.9. The normalized spacial score (nSPS) is 14.1. The van der Waals surface area contributed by atoms with Crippen LogP contribution in [0.2, 0.25) is 0 Å². The van der Waals surface area contributed by atoms with Crippen molar-refractivity contribution in [2.45, 2.75) is 25.8 Å². The van der Waals surface area contributed by atoms with Gasteiger partial charge in [-0.15, -0.1) is 0 Å². The largest absolute Gasteiger partial charge is 0.497 e. The first-order valence-electron chi connectivity index (χ1n) is 5.63. The van der Waals surface area contributed by atoms with Gasteiger partial charge in [0.15, 0.2) is 0 Å². The monoisotopic (exact) mass is 237 g/mol. The molecule has 94 valence electrons. The van der Waals surface area contributed by atoms with Crippen molar-refractivity contribution in [3.8, 4) is 5.75 Å². The summed E-state index contributed by atoms with van der Waals surface area (Å²) in [4.78, 5) is 10.9. The topological polar surface area (TPSA) is 58.6 Å². The zero-order valence-corrected chi connectivity index (χ0v) is 10.5. The van der Waals surface area contributed by atoms with Gasteiger partial charge >= 0.3 is 5.97 Å². The zero-order valence-electron chi connectivity index (χ0n) is 10.5. The smallest absolute Gasteiger partial charge is 0.305 e. The average Bonchev–Trinajstić information content (AvgIpc) is 2.28. The summed E-state index contributed by atoms with van der Waals surface area (Å²) >= 11 is 0. The highest BCUT2D eigenvalue weighted by atomic mass is 16.5. The summed E-state index contributed by atoms with van der Waals surface area (Å²) < 4.78 is 5.09. The first kappa shape index (κ1) is 13.5. The van der Waals surface area contributed by atoms with Gasteiger partial charge in [0.2, 0.25) is 0 Å². The molecule has 4 nitrogen and oxygen atoms in total. The van der Waals surface area contributed by atoms with E-state index < -0.39 is 11.5 Å². The van der Waals surface area contributed by atoms with E-state index in [9.17, 15) is 4.79 Å². The maximum absolute atomic E-state index is 10.9. The molecule has 0 saturated carbocycles. The van der Waals surface area contributed by atoms with E-state index in [0.717, 1.165) is 17.9 Å². The minimum absolute atomic E-state index is 0.0488. The van der Waals surface area contributed by atoms with E-state index in [2.05, 4.69) is 5.32 Å². The van der Waals surface area contributed by atoms with Gasteiger partial charge < -0.3 is 15.2 Å². The van der Waals surface area contributed by atoms with Crippen LogP contribution in [0.3, 0.4) is 0 Å². The number of carboxylic acids is 1. The Morgan fingerprint density at radius 1 is 1.41 bits per heavy atom. The number of nitrogens with one attached hydrogen (secondary N) is 1. The lowest BCUT2D eigenvalue weighted by molar-refractivity contribution is -0.138. The molecule has 17 heavy (non-hydrogen) atoms. The molecule has 0 bridgehead atoms. The Bertz CT molecular complexity index is 375. The van der Waals surface area contributed by atoms with E-state index in [1.165, 1.54) is 0 Å². The summed E-state index contributed by atoms with van der Waals surface area (Å²) in [5, 5.41) is 12.2. The maximum Gasteiger partial charge on any atom is 0.305 e. The molecule has 0 aliphatic carbocycles. The van der Waals surface area contributed by atoms with Crippen LogP contribution >= 0.6 is 0 Å². The van der Waals surface area contributed by atoms with Crippen LogP contribution in [-0.4, -0.2) is 24.7 Å². The van der Waals surface area contributed by atoms with E-state index >= 15 is 0 Å². The number of rotatable bonds is 6. The SMILES string of the molecule is CCNC(C)(CC(=O)O)c1ccc(OC)cc1. The van der Waals surface area contributed by atoms with E-state index in [4.69, 9.17) is 9.84 Å². The molecule has 2 N–H and O–H groups in total. The van der Waals surface area contributed by atoms with Crippen LogP contribution in [0, 0.1) is 0 Å². The molecule has 1 aromatic carbocycles. The predicted molar refractivity (Wildman–Crippen MR) is 66.3 cm³/mol. The molecule has 1 atom stereocenters. The summed E-state index contributed by atoms with van der Waals surface area (Å²) in [5.41, 5.74) is 0.398. The van der Waals surface area contributed by atoms with Crippen LogP contribution in [-0.2, 0) is 10.3 Å². The molecule has 0 fully saturated rings. The molecule has 0 spiro atoms. The van der Waals surface area contributed by atoms with Crippen LogP contribution in [0.4, 0.5) is 0 Å². The molecule has 1 unspecified atom stereocenters. The molecule has 4 heteroatoms. The van der Waals surface area contributed by atoms with E-state index in [1.54, 1.807) is 7.11 Å². The second-order valence-corrected chi connectivity index (χ2v) is 4.16. The third-order valence-electron chi connectivity index (χ3n) is 2.80. The molecule has 0 radical (unpaired) electrons. The van der Waals surface area contributed by atoms with Gasteiger partial charge in [-0.2, -0.15) is 0 Å². The minimum Gasteiger partial charge on any atom is -0.497 e. The van der Waals surface area contributed by atoms with Gasteiger partial charge in [-0.1, -0.05) is 19.1 Å². The number of ether oxygens (including phenoxy) is 1. The lowest BCUT2D eigenvalue weighted by Crippen LogP contribution is -2.41. The Kier molecular flexibility index (Phi) is 4.52. The van der Waals surface area contributed by atoms with Crippen molar-refractivity contribution in [3.05, 3.63) is 29.8 Å². The molecule has 0 aliphatic heterocycles. The number of carbonyl (C=O) groups is 1. The second-order valence-electron chi connectivity index (χ2n) is 4.16. The number of benzene rings is 1. The standard InChI is InChI=1S/C13H19NO3/c1-4-14-13(2,9-12(15)16)10-5-7-11(17-3)8-6-10/h5-8,14H,4,9H2,1-3H3,(H,15,16). The third kappa shape index (κ3) is 3.46. The first-order valence-corrected chi connectivity index (χ1v) is 5.63. The Hall–Kier alpha value is -1.55. The van der Waals surface area contributed by atoms with Crippen molar-refractivity contribution in [3.63, 3.8) is 0 Å². The highest BCUT2D eigenvalue weighted by Crippen LogP contribution is 2.26. The van der Waals surface area contributed by atoms with Gasteiger partial charge in [-0.25, -0.2) is 0 Å². The van der Waals surface area contributed by atoms with Crippen molar-refractivity contribution in [1.29, 1.82) is 0 Å². The lowest BCUT2D eigenvalue weighted by atomic mass is 9.88. The Morgan fingerprint density at radius 2 is 2.00 bits per heavy atom. The number of hydrogen-bond acceptors (Lipinski definition) is 3. The minimum atomic E-state index is -0.815. The molecule has 1 aromatic rings. The van der Waals surface area contributed by atoms with Crippen molar-refractivity contribution < 1.29 is 14.6 Å². The van der Waals surface area contributed by atoms with Crippen molar-refractivity contribution in [1.82, 2.24) is 5.32 Å². The Balaban J connectivity index is 2.99. The summed E-state index contributed by atoms with van der Waals surface area (Å²) in [7, 11) is 1.61. The molecular formula is C13H19NO3. The van der Waals surface area contributed by atoms with E-state index in [1.807, 2.05) is 38.1 Å². The fourth-order valence-corrected chi connectivity index (χ4v) is 1.92. The van der Waals surface area contributed by atoms with Gasteiger partial charge in [-0.3, -0.25) is 4.79 Å². The van der Waals surface area contributed by atoms with Crippen molar-refractivity contribution in [2.75, 3.05) is 13.7 Å². The number of aliphatic carboxylic acids is 1.